The average molecular weight is 358 g/mol. The van der Waals surface area contributed by atoms with E-state index in [9.17, 15) is 14.0 Å². The smallest absolute Gasteiger partial charge is 0.337 e. The lowest BCUT2D eigenvalue weighted by molar-refractivity contribution is -0.126. The molecule has 2 rings (SSSR count). The van der Waals surface area contributed by atoms with Crippen LogP contribution in [0, 0.1) is 5.82 Å². The summed E-state index contributed by atoms with van der Waals surface area (Å²) in [7, 11) is 1.31. The van der Waals surface area contributed by atoms with Crippen molar-refractivity contribution in [1.29, 1.82) is 0 Å². The molecule has 2 aromatic carbocycles. The molecule has 136 valence electrons. The van der Waals surface area contributed by atoms with Crippen molar-refractivity contribution in [2.45, 2.75) is 13.0 Å². The molecule has 0 heterocycles. The number of oxime groups is 1. The third kappa shape index (κ3) is 5.70. The van der Waals surface area contributed by atoms with Gasteiger partial charge in [0.25, 0.3) is 5.91 Å². The van der Waals surface area contributed by atoms with Gasteiger partial charge in [0.15, 0.2) is 6.61 Å². The van der Waals surface area contributed by atoms with E-state index >= 15 is 0 Å². The van der Waals surface area contributed by atoms with Crippen LogP contribution in [0.5, 0.6) is 0 Å². The zero-order valence-corrected chi connectivity index (χ0v) is 14.4. The number of nitrogens with zero attached hydrogens (tertiary/aromatic N) is 1. The van der Waals surface area contributed by atoms with Gasteiger partial charge in [-0.2, -0.15) is 0 Å². The van der Waals surface area contributed by atoms with Gasteiger partial charge in [-0.15, -0.1) is 0 Å². The van der Waals surface area contributed by atoms with E-state index in [1.165, 1.54) is 25.5 Å². The van der Waals surface area contributed by atoms with Crippen LogP contribution in [0.25, 0.3) is 0 Å². The number of rotatable bonds is 7. The summed E-state index contributed by atoms with van der Waals surface area (Å²) in [6.45, 7) is 1.54. The average Bonchev–Trinajstić information content (AvgIpc) is 2.65. The Bertz CT molecular complexity index is 773. The van der Waals surface area contributed by atoms with E-state index in [1.54, 1.807) is 43.3 Å². The predicted octanol–water partition coefficient (Wildman–Crippen LogP) is 2.84. The molecular weight excluding hydrogens is 339 g/mol. The maximum absolute atomic E-state index is 12.9. The fourth-order valence-electron chi connectivity index (χ4n) is 2.14. The van der Waals surface area contributed by atoms with E-state index in [-0.39, 0.29) is 24.4 Å². The van der Waals surface area contributed by atoms with Gasteiger partial charge in [-0.05, 0) is 42.3 Å². The number of carbonyl (C=O) groups excluding carboxylic acids is 2. The van der Waals surface area contributed by atoms with Crippen molar-refractivity contribution in [3.8, 4) is 0 Å². The molecule has 0 saturated heterocycles. The Kier molecular flexibility index (Phi) is 6.84. The SMILES string of the molecule is COC(=O)c1ccc(/C=N/OCC(=O)NC(C)c2ccc(F)cc2)cc1. The Morgan fingerprint density at radius 2 is 1.81 bits per heavy atom. The first-order valence-corrected chi connectivity index (χ1v) is 7.88. The van der Waals surface area contributed by atoms with Crippen LogP contribution in [-0.2, 0) is 14.4 Å². The second-order valence-electron chi connectivity index (χ2n) is 5.46. The van der Waals surface area contributed by atoms with E-state index in [4.69, 9.17) is 4.84 Å². The topological polar surface area (TPSA) is 77.0 Å². The number of methoxy groups -OCH3 is 1. The summed E-state index contributed by atoms with van der Waals surface area (Å²) in [5, 5.41) is 6.45. The Hall–Kier alpha value is -3.22. The number of nitrogens with one attached hydrogen (secondary N) is 1. The highest BCUT2D eigenvalue weighted by Crippen LogP contribution is 2.12. The van der Waals surface area contributed by atoms with Gasteiger partial charge in [-0.3, -0.25) is 4.79 Å². The third-order valence-corrected chi connectivity index (χ3v) is 3.55. The zero-order chi connectivity index (χ0) is 18.9. The van der Waals surface area contributed by atoms with Gasteiger partial charge in [0.1, 0.15) is 5.82 Å². The van der Waals surface area contributed by atoms with Gasteiger partial charge in [0, 0.05) is 0 Å². The fraction of sp³-hybridized carbons (Fsp3) is 0.211. The molecule has 1 atom stereocenters. The molecule has 0 aliphatic rings. The van der Waals surface area contributed by atoms with Gasteiger partial charge >= 0.3 is 5.97 Å². The highest BCUT2D eigenvalue weighted by atomic mass is 19.1. The standard InChI is InChI=1S/C19H19FN2O4/c1-13(15-7-9-17(20)10-8-15)22-18(23)12-26-21-11-14-3-5-16(6-4-14)19(24)25-2/h3-11,13H,12H2,1-2H3,(H,22,23)/b21-11+. The maximum Gasteiger partial charge on any atom is 0.337 e. The Labute approximate surface area is 150 Å². The van der Waals surface area contributed by atoms with Crippen molar-refractivity contribution < 1.29 is 23.6 Å². The largest absolute Gasteiger partial charge is 0.465 e. The van der Waals surface area contributed by atoms with E-state index in [1.807, 2.05) is 0 Å². The molecule has 0 saturated carbocycles. The van der Waals surface area contributed by atoms with Crippen LogP contribution < -0.4 is 5.32 Å². The van der Waals surface area contributed by atoms with Crippen LogP contribution in [0.3, 0.4) is 0 Å². The quantitative estimate of drug-likeness (QED) is 0.469. The summed E-state index contributed by atoms with van der Waals surface area (Å²) >= 11 is 0. The minimum absolute atomic E-state index is 0.248. The van der Waals surface area contributed by atoms with Crippen LogP contribution in [0.2, 0.25) is 0 Å². The van der Waals surface area contributed by atoms with Crippen molar-refractivity contribution in [2.75, 3.05) is 13.7 Å². The minimum Gasteiger partial charge on any atom is -0.465 e. The van der Waals surface area contributed by atoms with Crippen LogP contribution in [-0.4, -0.2) is 31.8 Å². The van der Waals surface area contributed by atoms with Crippen molar-refractivity contribution in [2.24, 2.45) is 5.16 Å². The van der Waals surface area contributed by atoms with Crippen LogP contribution >= 0.6 is 0 Å². The highest BCUT2D eigenvalue weighted by Gasteiger charge is 2.10. The molecule has 7 heteroatoms. The summed E-state index contributed by atoms with van der Waals surface area (Å²) in [6, 6.07) is 12.2. The number of benzene rings is 2. The molecule has 0 bridgehead atoms. The van der Waals surface area contributed by atoms with Crippen LogP contribution in [0.4, 0.5) is 4.39 Å². The minimum atomic E-state index is -0.420. The van der Waals surface area contributed by atoms with E-state index in [0.29, 0.717) is 11.1 Å². The van der Waals surface area contributed by atoms with E-state index in [2.05, 4.69) is 15.2 Å². The first-order chi connectivity index (χ1) is 12.5. The Morgan fingerprint density at radius 1 is 1.15 bits per heavy atom. The van der Waals surface area contributed by atoms with Gasteiger partial charge < -0.3 is 14.9 Å². The van der Waals surface area contributed by atoms with Gasteiger partial charge in [0.2, 0.25) is 0 Å². The molecule has 0 aliphatic carbocycles. The maximum atomic E-state index is 12.9. The molecule has 2 aromatic rings. The van der Waals surface area contributed by atoms with Crippen LogP contribution in [0.1, 0.15) is 34.5 Å². The van der Waals surface area contributed by atoms with E-state index in [0.717, 1.165) is 5.56 Å². The molecule has 26 heavy (non-hydrogen) atoms. The number of carbonyl (C=O) groups is 2. The normalized spacial score (nSPS) is 11.8. The van der Waals surface area contributed by atoms with Crippen molar-refractivity contribution in [3.63, 3.8) is 0 Å². The first-order valence-electron chi connectivity index (χ1n) is 7.88. The second kappa shape index (κ2) is 9.31. The Balaban J connectivity index is 1.77. The number of esters is 1. The highest BCUT2D eigenvalue weighted by molar-refractivity contribution is 5.90. The summed E-state index contributed by atoms with van der Waals surface area (Å²) in [5.74, 6) is -1.10. The molecule has 6 nitrogen and oxygen atoms in total. The van der Waals surface area contributed by atoms with E-state index < -0.39 is 5.97 Å². The Morgan fingerprint density at radius 3 is 2.42 bits per heavy atom. The predicted molar refractivity (Wildman–Crippen MR) is 94.3 cm³/mol. The molecule has 0 fully saturated rings. The van der Waals surface area contributed by atoms with Gasteiger partial charge in [-0.25, -0.2) is 9.18 Å². The summed E-state index contributed by atoms with van der Waals surface area (Å²) in [6.07, 6.45) is 1.43. The van der Waals surface area contributed by atoms with Gasteiger partial charge in [-0.1, -0.05) is 29.4 Å². The first kappa shape index (κ1) is 19.1. The summed E-state index contributed by atoms with van der Waals surface area (Å²) in [4.78, 5) is 28.1. The molecule has 0 aliphatic heterocycles. The number of hydrogen-bond donors (Lipinski definition) is 1. The fourth-order valence-corrected chi connectivity index (χ4v) is 2.14. The summed E-state index contributed by atoms with van der Waals surface area (Å²) < 4.78 is 17.5. The zero-order valence-electron chi connectivity index (χ0n) is 14.4. The monoisotopic (exact) mass is 358 g/mol. The lowest BCUT2D eigenvalue weighted by atomic mass is 10.1. The number of ether oxygens (including phenoxy) is 1. The third-order valence-electron chi connectivity index (χ3n) is 3.55. The lowest BCUT2D eigenvalue weighted by Crippen LogP contribution is -2.29. The number of amides is 1. The molecule has 0 spiro atoms. The molecule has 1 unspecified atom stereocenters. The van der Waals surface area contributed by atoms with Crippen LogP contribution in [0.15, 0.2) is 53.7 Å². The van der Waals surface area contributed by atoms with Gasteiger partial charge in [0.05, 0.1) is 24.9 Å². The molecule has 1 N–H and O–H groups in total. The molecule has 0 aromatic heterocycles. The second-order valence-corrected chi connectivity index (χ2v) is 5.46. The molecule has 1 amide bonds. The van der Waals surface area contributed by atoms with Crippen molar-refractivity contribution in [1.82, 2.24) is 5.32 Å². The molecule has 0 radical (unpaired) electrons. The number of hydrogen-bond acceptors (Lipinski definition) is 5. The summed E-state index contributed by atoms with van der Waals surface area (Å²) in [5.41, 5.74) is 1.92. The number of halogens is 1. The lowest BCUT2D eigenvalue weighted by Gasteiger charge is -2.13. The van der Waals surface area contributed by atoms with Crippen molar-refractivity contribution in [3.05, 3.63) is 71.0 Å². The van der Waals surface area contributed by atoms with Crippen molar-refractivity contribution >= 4 is 18.1 Å². The molecular formula is C19H19FN2O4.